The molecule has 12 heteroatoms. The summed E-state index contributed by atoms with van der Waals surface area (Å²) in [4.78, 5) is 58.0. The number of amides is 2. The van der Waals surface area contributed by atoms with Gasteiger partial charge in [-0.15, -0.1) is 0 Å². The first kappa shape index (κ1) is 28.0. The molecule has 3 N–H and O–H groups in total. The van der Waals surface area contributed by atoms with Crippen LogP contribution in [-0.2, 0) is 38.2 Å². The predicted octanol–water partition coefficient (Wildman–Crippen LogP) is 0.454. The second-order valence-electron chi connectivity index (χ2n) is 8.05. The molecule has 0 saturated carbocycles. The summed E-state index contributed by atoms with van der Waals surface area (Å²) in [6.07, 6.45) is -1.36. The van der Waals surface area contributed by atoms with Crippen LogP contribution in [0, 0.1) is 5.41 Å². The lowest BCUT2D eigenvalue weighted by molar-refractivity contribution is -0.421. The number of nitrogens with one attached hydrogen (secondary N) is 2. The molecule has 1 saturated heterocycles. The summed E-state index contributed by atoms with van der Waals surface area (Å²) in [7, 11) is 1.33. The summed E-state index contributed by atoms with van der Waals surface area (Å²) in [5, 5.41) is 13.6. The van der Waals surface area contributed by atoms with E-state index in [0.29, 0.717) is 5.75 Å². The summed E-state index contributed by atoms with van der Waals surface area (Å²) in [5.41, 5.74) is -0.685. The molecule has 2 atom stereocenters. The number of aliphatic carboxylic acids is 1. The quantitative estimate of drug-likeness (QED) is 0.319. The van der Waals surface area contributed by atoms with Crippen molar-refractivity contribution in [3.8, 4) is 0 Å². The molecular formula is C20H32N2O9S. The first-order valence-electron chi connectivity index (χ1n) is 10.2. The van der Waals surface area contributed by atoms with Gasteiger partial charge in [-0.05, 0) is 6.92 Å². The number of rotatable bonds is 13. The summed E-state index contributed by atoms with van der Waals surface area (Å²) in [6.45, 7) is 5.38. The fraction of sp³-hybridized carbons (Fsp3) is 0.750. The van der Waals surface area contributed by atoms with E-state index in [9.17, 15) is 24.0 Å². The summed E-state index contributed by atoms with van der Waals surface area (Å²) in [5.74, 6) is -3.30. The van der Waals surface area contributed by atoms with E-state index in [-0.39, 0.29) is 62.2 Å². The third kappa shape index (κ3) is 9.63. The fourth-order valence-corrected chi connectivity index (χ4v) is 3.52. The van der Waals surface area contributed by atoms with Gasteiger partial charge in [-0.3, -0.25) is 24.0 Å². The second-order valence-corrected chi connectivity index (χ2v) is 9.20. The van der Waals surface area contributed by atoms with Gasteiger partial charge in [-0.1, -0.05) is 25.6 Å². The Morgan fingerprint density at radius 3 is 2.38 bits per heavy atom. The highest BCUT2D eigenvalue weighted by atomic mass is 32.2. The Morgan fingerprint density at radius 1 is 1.09 bits per heavy atom. The number of Topliss-reactive ketones (excluding diaryl/α,β-unsaturated/α-hetero) is 1. The van der Waals surface area contributed by atoms with Crippen molar-refractivity contribution in [3.63, 3.8) is 0 Å². The zero-order valence-corrected chi connectivity index (χ0v) is 19.7. The number of hydrogen-bond donors (Lipinski definition) is 3. The number of carbonyl (C=O) groups is 5. The summed E-state index contributed by atoms with van der Waals surface area (Å²) >= 11 is 0.963. The molecule has 0 aromatic heterocycles. The molecule has 0 aromatic rings. The van der Waals surface area contributed by atoms with Crippen LogP contribution in [0.1, 0.15) is 46.5 Å². The van der Waals surface area contributed by atoms with Crippen LogP contribution in [0.15, 0.2) is 0 Å². The van der Waals surface area contributed by atoms with Gasteiger partial charge in [0.15, 0.2) is 5.12 Å². The van der Waals surface area contributed by atoms with E-state index in [1.807, 2.05) is 0 Å². The van der Waals surface area contributed by atoms with Crippen molar-refractivity contribution in [2.24, 2.45) is 5.41 Å². The monoisotopic (exact) mass is 476 g/mol. The molecule has 2 amide bonds. The lowest BCUT2D eigenvalue weighted by atomic mass is 9.85. The van der Waals surface area contributed by atoms with Crippen molar-refractivity contribution < 1.29 is 43.3 Å². The Kier molecular flexibility index (Phi) is 11.3. The Morgan fingerprint density at radius 2 is 1.78 bits per heavy atom. The van der Waals surface area contributed by atoms with E-state index < -0.39 is 29.4 Å². The average Bonchev–Trinajstić information content (AvgIpc) is 2.70. The van der Waals surface area contributed by atoms with Crippen LogP contribution in [0.5, 0.6) is 0 Å². The summed E-state index contributed by atoms with van der Waals surface area (Å²) in [6, 6.07) is 0. The van der Waals surface area contributed by atoms with Gasteiger partial charge in [-0.2, -0.15) is 0 Å². The van der Waals surface area contributed by atoms with Crippen LogP contribution < -0.4 is 10.6 Å². The Hall–Kier alpha value is -2.02. The third-order valence-corrected chi connectivity index (χ3v) is 5.50. The Labute approximate surface area is 191 Å². The standard InChI is InChI=1S/C20H32N2O9S/c1-13(23)11-20(29-4)30-12-19(2,3)17(31-20)18(28)22-8-7-14(24)21-9-10-32-16(27)6-5-15(25)26/h17H,5-12H2,1-4H3,(H,21,24)(H,22,28)(H,25,26)/t17-,20?/m0/s1. The van der Waals surface area contributed by atoms with Gasteiger partial charge in [-0.25, -0.2) is 0 Å². The molecule has 1 rings (SSSR count). The lowest BCUT2D eigenvalue weighted by Crippen LogP contribution is -2.59. The molecule has 1 fully saturated rings. The number of methoxy groups -OCH3 is 1. The highest BCUT2D eigenvalue weighted by Gasteiger charge is 2.50. The van der Waals surface area contributed by atoms with Crippen molar-refractivity contribution in [1.29, 1.82) is 0 Å². The average molecular weight is 477 g/mol. The van der Waals surface area contributed by atoms with E-state index in [2.05, 4.69) is 10.6 Å². The number of carboxylic acids is 1. The highest BCUT2D eigenvalue weighted by molar-refractivity contribution is 8.13. The Balaban J connectivity index is 2.40. The zero-order chi connectivity index (χ0) is 24.4. The minimum Gasteiger partial charge on any atom is -0.481 e. The predicted molar refractivity (Wildman–Crippen MR) is 115 cm³/mol. The first-order valence-corrected chi connectivity index (χ1v) is 11.2. The maximum absolute atomic E-state index is 12.7. The number of ether oxygens (including phenoxy) is 3. The van der Waals surface area contributed by atoms with E-state index in [1.165, 1.54) is 14.0 Å². The van der Waals surface area contributed by atoms with E-state index in [4.69, 9.17) is 19.3 Å². The molecule has 1 aliphatic heterocycles. The molecule has 1 heterocycles. The van der Waals surface area contributed by atoms with E-state index in [1.54, 1.807) is 13.8 Å². The van der Waals surface area contributed by atoms with Crippen LogP contribution >= 0.6 is 11.8 Å². The molecule has 0 aliphatic carbocycles. The van der Waals surface area contributed by atoms with Gasteiger partial charge in [0.1, 0.15) is 11.9 Å². The summed E-state index contributed by atoms with van der Waals surface area (Å²) < 4.78 is 16.6. The molecule has 1 aliphatic rings. The normalized spacial score (nSPS) is 22.1. The van der Waals surface area contributed by atoms with Crippen molar-refractivity contribution in [2.75, 3.05) is 32.6 Å². The van der Waals surface area contributed by atoms with Crippen molar-refractivity contribution in [3.05, 3.63) is 0 Å². The van der Waals surface area contributed by atoms with Gasteiger partial charge in [0.2, 0.25) is 11.8 Å². The molecule has 0 radical (unpaired) electrons. The van der Waals surface area contributed by atoms with Crippen LogP contribution in [-0.4, -0.2) is 78.4 Å². The SMILES string of the molecule is COC1(CC(C)=O)OCC(C)(C)[C@H](C(=O)NCCC(=O)NCCSC(=O)CCC(=O)O)O1. The van der Waals surface area contributed by atoms with Crippen molar-refractivity contribution in [1.82, 2.24) is 10.6 Å². The van der Waals surface area contributed by atoms with Crippen LogP contribution in [0.2, 0.25) is 0 Å². The Bertz CT molecular complexity index is 713. The molecule has 0 bridgehead atoms. The number of thioether (sulfide) groups is 1. The first-order chi connectivity index (χ1) is 14.9. The van der Waals surface area contributed by atoms with E-state index >= 15 is 0 Å². The fourth-order valence-electron chi connectivity index (χ4n) is 2.85. The molecule has 11 nitrogen and oxygen atoms in total. The largest absolute Gasteiger partial charge is 0.481 e. The van der Waals surface area contributed by atoms with Crippen LogP contribution in [0.25, 0.3) is 0 Å². The van der Waals surface area contributed by atoms with Crippen LogP contribution in [0.3, 0.4) is 0 Å². The minimum atomic E-state index is -1.62. The molecule has 0 aromatic carbocycles. The van der Waals surface area contributed by atoms with E-state index in [0.717, 1.165) is 11.8 Å². The van der Waals surface area contributed by atoms with Gasteiger partial charge < -0.3 is 30.0 Å². The number of hydrogen-bond acceptors (Lipinski definition) is 9. The van der Waals surface area contributed by atoms with Gasteiger partial charge in [0, 0.05) is 44.2 Å². The maximum Gasteiger partial charge on any atom is 0.303 e. The number of carbonyl (C=O) groups excluding carboxylic acids is 4. The topological polar surface area (TPSA) is 157 Å². The molecule has 32 heavy (non-hydrogen) atoms. The van der Waals surface area contributed by atoms with Crippen molar-refractivity contribution in [2.45, 2.75) is 58.5 Å². The lowest BCUT2D eigenvalue weighted by Gasteiger charge is -2.46. The third-order valence-electron chi connectivity index (χ3n) is 4.57. The van der Waals surface area contributed by atoms with Crippen LogP contribution in [0.4, 0.5) is 0 Å². The highest BCUT2D eigenvalue weighted by Crippen LogP contribution is 2.37. The zero-order valence-electron chi connectivity index (χ0n) is 18.9. The molecular weight excluding hydrogens is 444 g/mol. The van der Waals surface area contributed by atoms with Gasteiger partial charge >= 0.3 is 5.97 Å². The molecule has 1 unspecified atom stereocenters. The van der Waals surface area contributed by atoms with Gasteiger partial charge in [0.25, 0.3) is 5.97 Å². The second kappa shape index (κ2) is 12.9. The van der Waals surface area contributed by atoms with Crippen molar-refractivity contribution >= 4 is 40.4 Å². The van der Waals surface area contributed by atoms with Gasteiger partial charge in [0.05, 0.1) is 19.4 Å². The number of carboxylic acid groups (broad SMARTS) is 1. The minimum absolute atomic E-state index is 0.0237. The molecule has 182 valence electrons. The molecule has 0 spiro atoms. The maximum atomic E-state index is 12.7. The smallest absolute Gasteiger partial charge is 0.303 e. The number of ketones is 1.